The van der Waals surface area contributed by atoms with Crippen LogP contribution in [-0.4, -0.2) is 146 Å². The third-order valence-electron chi connectivity index (χ3n) is 10.8. The van der Waals surface area contributed by atoms with Gasteiger partial charge in [0, 0.05) is 22.7 Å². The molecule has 7 rings (SSSR count). The maximum Gasteiger partial charge on any atom is 0.397 e. The molecule has 7 aromatic rings. The molecule has 0 spiro atoms. The highest BCUT2D eigenvalue weighted by atomic mass is 35.5. The molecule has 48 heteroatoms. The van der Waals surface area contributed by atoms with E-state index in [2.05, 4.69) is 90.6 Å². The fourth-order valence-electron chi connectivity index (χ4n) is 7.11. The quantitative estimate of drug-likeness (QED) is 0.0222. The van der Waals surface area contributed by atoms with Gasteiger partial charge in [-0.1, -0.05) is 0 Å². The first kappa shape index (κ1) is 69.1. The van der Waals surface area contributed by atoms with E-state index in [0.717, 1.165) is 36.4 Å². The van der Waals surface area contributed by atoms with Crippen molar-refractivity contribution in [1.82, 2.24) is 29.9 Å². The highest BCUT2D eigenvalue weighted by Gasteiger charge is 2.26. The third-order valence-corrected chi connectivity index (χ3v) is 17.2. The summed E-state index contributed by atoms with van der Waals surface area (Å²) in [6, 6.07) is 13.1. The van der Waals surface area contributed by atoms with Crippen LogP contribution < -0.4 is 43.4 Å². The first-order chi connectivity index (χ1) is 42.3. The van der Waals surface area contributed by atoms with Crippen LogP contribution in [0.5, 0.6) is 0 Å². The Morgan fingerprint density at radius 1 is 0.451 bits per heavy atom. The van der Waals surface area contributed by atoms with E-state index in [9.17, 15) is 79.1 Å². The molecular weight excluding hydrogens is 1380 g/mol. The number of nitrogens with two attached hydrogens (primary N) is 2. The second kappa shape index (κ2) is 27.8. The van der Waals surface area contributed by atoms with E-state index in [1.54, 1.807) is 0 Å². The molecule has 0 saturated heterocycles. The first-order valence-corrected chi connectivity index (χ1v) is 33.4. The lowest BCUT2D eigenvalue weighted by Gasteiger charge is -2.13. The largest absolute Gasteiger partial charge is 0.478 e. The molecule has 2 heterocycles. The number of primary amides is 2. The van der Waals surface area contributed by atoms with E-state index < -0.39 is 157 Å². The van der Waals surface area contributed by atoms with Gasteiger partial charge in [0.1, 0.15) is 32.5 Å². The SMILES string of the molecule is NC(=O)Nc1ccc(/N=N/c2ccc(S(=O)(=O)CCOS(=O)(=O)O)cc2S(=O)(=O)O)c(Nc2nc(Cl)nc(Nc3cc(Nc4nc(Cl)nc(Nc5cc(NC(N)=O)ccc5/N=N/c5ccc(S(=O)(=O)CCOS(=O)(=O)O)cc5S(=O)(=O)O)n4)cc(C(=O)O)c3)n2)c1. The van der Waals surface area contributed by atoms with Crippen LogP contribution in [0.4, 0.5) is 90.3 Å². The van der Waals surface area contributed by atoms with Gasteiger partial charge in [-0.2, -0.15) is 63.6 Å². The smallest absolute Gasteiger partial charge is 0.397 e. The number of rotatable bonds is 27. The van der Waals surface area contributed by atoms with Gasteiger partial charge in [0.25, 0.3) is 20.2 Å². The highest BCUT2D eigenvalue weighted by Crippen LogP contribution is 2.37. The summed E-state index contributed by atoms with van der Waals surface area (Å²) in [5.41, 5.74) is 8.15. The van der Waals surface area contributed by atoms with Gasteiger partial charge in [0.15, 0.2) is 19.7 Å². The number of carbonyl (C=O) groups is 3. The van der Waals surface area contributed by atoms with Crippen molar-refractivity contribution in [2.75, 3.05) is 56.6 Å². The summed E-state index contributed by atoms with van der Waals surface area (Å²) < 4.78 is 190. The second-order valence-corrected chi connectivity index (χ2v) is 27.2. The number of carboxylic acids is 1. The molecule has 5 aromatic carbocycles. The van der Waals surface area contributed by atoms with Gasteiger partial charge in [-0.3, -0.25) is 18.2 Å². The van der Waals surface area contributed by atoms with Crippen LogP contribution in [0.15, 0.2) is 131 Å². The highest BCUT2D eigenvalue weighted by molar-refractivity contribution is 7.92. The number of hydrogen-bond donors (Lipinski definition) is 13. The van der Waals surface area contributed by atoms with Crippen molar-refractivity contribution in [1.29, 1.82) is 0 Å². The predicted octanol–water partition coefficient (Wildman–Crippen LogP) is 5.53. The summed E-state index contributed by atoms with van der Waals surface area (Å²) in [5.74, 6) is -5.16. The lowest BCUT2D eigenvalue weighted by molar-refractivity contribution is 0.0696. The van der Waals surface area contributed by atoms with E-state index in [0.29, 0.717) is 12.1 Å². The second-order valence-electron chi connectivity index (χ2n) is 17.3. The number of nitrogens with zero attached hydrogens (tertiary/aromatic N) is 10. The third kappa shape index (κ3) is 20.3. The zero-order valence-electron chi connectivity index (χ0n) is 44.5. The Balaban J connectivity index is 1.16. The molecule has 0 aliphatic carbocycles. The summed E-state index contributed by atoms with van der Waals surface area (Å²) in [5, 5.41) is 40.4. The Bertz CT molecular complexity index is 4570. The minimum Gasteiger partial charge on any atom is -0.478 e. The molecule has 91 heavy (non-hydrogen) atoms. The zero-order chi connectivity index (χ0) is 67.0. The predicted molar refractivity (Wildman–Crippen MR) is 315 cm³/mol. The van der Waals surface area contributed by atoms with Crippen LogP contribution in [-0.2, 0) is 69.1 Å². The molecule has 0 aliphatic rings. The number of carboxylic acid groups (broad SMARTS) is 1. The van der Waals surface area contributed by atoms with Crippen molar-refractivity contribution >= 4 is 183 Å². The number of carbonyl (C=O) groups excluding carboxylic acids is 2. The van der Waals surface area contributed by atoms with Gasteiger partial charge in [-0.25, -0.2) is 39.6 Å². The van der Waals surface area contributed by atoms with Crippen LogP contribution in [0.25, 0.3) is 0 Å². The number of aromatic carboxylic acids is 1. The van der Waals surface area contributed by atoms with Crippen molar-refractivity contribution in [2.45, 2.75) is 19.6 Å². The van der Waals surface area contributed by atoms with Gasteiger partial charge in [0.05, 0.1) is 51.4 Å². The topological polar surface area (TPSA) is 627 Å². The standard InChI is InChI=1S/C43H38Cl2N18O22S6/c44-36-54-40(58-42(56-36)52-31-16-21(48-38(46)66)1-5-27(31)60-62-29-7-3-25(18-33(29)88(72,73)74)86(68,69)11-9-84-90(78,79)80)50-23-13-20(35(64)65)14-24(15-23)51-41-55-37(45)57-43(59-41)53-32-17-22(49-39(47)67)2-6-28(32)61-63-30-8-4-26(19-34(30)89(75,76)77)87(70,71)12-10-85-91(81,82)83/h1-8,13-19H,9-12H2,(H,64,65)(H3,46,48,66)(H3,47,49,67)(H,72,73,74)(H,75,76,77)(H,78,79,80)(H,81,82,83)(H2,50,52,54,56,58)(H2,51,53,55,57,59)/b62-60+,63-61+. The molecule has 0 unspecified atom stereocenters. The average molecular weight is 1420 g/mol. The van der Waals surface area contributed by atoms with E-state index in [-0.39, 0.29) is 63.0 Å². The zero-order valence-corrected chi connectivity index (χ0v) is 50.9. The fraction of sp³-hybridized carbons (Fsp3) is 0.0930. The Morgan fingerprint density at radius 2 is 0.791 bits per heavy atom. The number of urea groups is 2. The van der Waals surface area contributed by atoms with E-state index in [4.69, 9.17) is 43.8 Å². The van der Waals surface area contributed by atoms with Crippen LogP contribution in [0.1, 0.15) is 10.4 Å². The lowest BCUT2D eigenvalue weighted by atomic mass is 10.1. The number of sulfone groups is 2. The van der Waals surface area contributed by atoms with Crippen molar-refractivity contribution in [3.63, 3.8) is 0 Å². The van der Waals surface area contributed by atoms with Gasteiger partial charge < -0.3 is 48.5 Å². The molecule has 0 saturated carbocycles. The monoisotopic (exact) mass is 1420 g/mol. The number of halogens is 2. The molecule has 40 nitrogen and oxygen atoms in total. The first-order valence-electron chi connectivity index (χ1n) is 23.7. The Kier molecular flexibility index (Phi) is 21.1. The summed E-state index contributed by atoms with van der Waals surface area (Å²) in [4.78, 5) is 56.9. The minimum absolute atomic E-state index is 0.0122. The summed E-state index contributed by atoms with van der Waals surface area (Å²) in [6.07, 6.45) is 0. The van der Waals surface area contributed by atoms with Crippen LogP contribution in [0, 0.1) is 0 Å². The number of hydrogen-bond acceptors (Lipinski definition) is 31. The van der Waals surface area contributed by atoms with E-state index >= 15 is 0 Å². The Labute approximate surface area is 521 Å². The molecule has 2 aromatic heterocycles. The minimum atomic E-state index is -5.27. The van der Waals surface area contributed by atoms with Gasteiger partial charge >= 0.3 is 38.8 Å². The maximum atomic E-state index is 12.9. The number of aromatic nitrogens is 6. The van der Waals surface area contributed by atoms with Crippen molar-refractivity contribution in [3.8, 4) is 0 Å². The van der Waals surface area contributed by atoms with Crippen LogP contribution in [0.2, 0.25) is 10.6 Å². The molecule has 0 fully saturated rings. The Morgan fingerprint density at radius 3 is 1.12 bits per heavy atom. The number of azo groups is 2. The number of benzene rings is 5. The number of nitrogens with one attached hydrogen (secondary N) is 6. The van der Waals surface area contributed by atoms with Crippen LogP contribution >= 0.6 is 23.2 Å². The van der Waals surface area contributed by atoms with E-state index in [1.807, 2.05) is 0 Å². The summed E-state index contributed by atoms with van der Waals surface area (Å²) in [6.45, 7) is -2.14. The summed E-state index contributed by atoms with van der Waals surface area (Å²) in [7, 11) is -29.7. The molecule has 0 bridgehead atoms. The molecule has 15 N–H and O–H groups in total. The van der Waals surface area contributed by atoms with Gasteiger partial charge in [-0.15, -0.1) is 20.5 Å². The number of amides is 4. The molecular formula is C43H38Cl2N18O22S6. The van der Waals surface area contributed by atoms with E-state index in [1.165, 1.54) is 42.5 Å². The van der Waals surface area contributed by atoms with Gasteiger partial charge in [-0.05, 0) is 114 Å². The van der Waals surface area contributed by atoms with Crippen LogP contribution in [0.3, 0.4) is 0 Å². The average Bonchev–Trinajstić information content (AvgIpc) is 0.999. The normalized spacial score (nSPS) is 12.4. The lowest BCUT2D eigenvalue weighted by Crippen LogP contribution is -2.19. The molecule has 0 atom stereocenters. The Hall–Kier alpha value is -9.43. The van der Waals surface area contributed by atoms with Crippen molar-refractivity contribution < 1.29 is 96.6 Å². The maximum absolute atomic E-state index is 12.9. The molecule has 0 radical (unpaired) electrons. The summed E-state index contributed by atoms with van der Waals surface area (Å²) >= 11 is 12.6. The van der Waals surface area contributed by atoms with Gasteiger partial charge in [0.2, 0.25) is 34.4 Å². The molecule has 482 valence electrons. The fourth-order valence-corrected chi connectivity index (χ4v) is 11.9. The molecule has 4 amide bonds. The molecule has 0 aliphatic heterocycles. The van der Waals surface area contributed by atoms with Crippen molar-refractivity contribution in [2.24, 2.45) is 31.9 Å². The number of anilines is 10. The van der Waals surface area contributed by atoms with Crippen molar-refractivity contribution in [3.05, 3.63) is 107 Å².